The van der Waals surface area contributed by atoms with Gasteiger partial charge in [-0.15, -0.1) is 0 Å². The second kappa shape index (κ2) is 12.7. The number of nitrogen functional groups attached to an aromatic ring is 1. The lowest BCUT2D eigenvalue weighted by molar-refractivity contribution is -0.138. The van der Waals surface area contributed by atoms with Crippen LogP contribution >= 0.6 is 0 Å². The summed E-state index contributed by atoms with van der Waals surface area (Å²) in [6.07, 6.45) is -4.85. The fourth-order valence-corrected chi connectivity index (χ4v) is 5.69. The standard InChI is InChI=1S/C32H34F4N6O2/c1-21-29(40-16-14-39(15-17-40)18-23-10-5-6-13-27(23)37)30(43)42(20-28(38)22-8-3-2-4-9-22)31(44)41(21)19-24-25(32(34,35)36)11-7-12-26(24)33/h2-13,28H,14-20,37-38H2,1H3/t28-/m1/s1. The van der Waals surface area contributed by atoms with Crippen molar-refractivity contribution in [3.63, 3.8) is 0 Å². The summed E-state index contributed by atoms with van der Waals surface area (Å²) in [6.45, 7) is 3.16. The Labute approximate surface area is 251 Å². The van der Waals surface area contributed by atoms with Crippen LogP contribution in [0.15, 0.2) is 82.4 Å². The van der Waals surface area contributed by atoms with E-state index in [1.165, 1.54) is 6.92 Å². The van der Waals surface area contributed by atoms with Gasteiger partial charge < -0.3 is 16.4 Å². The molecule has 0 aliphatic carbocycles. The van der Waals surface area contributed by atoms with Crippen LogP contribution in [0, 0.1) is 12.7 Å². The van der Waals surface area contributed by atoms with E-state index in [1.807, 2.05) is 29.2 Å². The molecule has 1 saturated heterocycles. The summed E-state index contributed by atoms with van der Waals surface area (Å²) in [5.74, 6) is -1.10. The zero-order chi connectivity index (χ0) is 31.6. The van der Waals surface area contributed by atoms with Crippen LogP contribution in [0.4, 0.5) is 28.9 Å². The molecule has 0 bridgehead atoms. The molecule has 0 amide bonds. The molecule has 8 nitrogen and oxygen atoms in total. The third-order valence-corrected chi connectivity index (χ3v) is 8.14. The van der Waals surface area contributed by atoms with Gasteiger partial charge in [0.2, 0.25) is 0 Å². The number of nitrogens with zero attached hydrogens (tertiary/aromatic N) is 4. The summed E-state index contributed by atoms with van der Waals surface area (Å²) < 4.78 is 58.5. The highest BCUT2D eigenvalue weighted by molar-refractivity contribution is 5.50. The maximum absolute atomic E-state index is 14.9. The molecule has 0 radical (unpaired) electrons. The highest BCUT2D eigenvalue weighted by Crippen LogP contribution is 2.33. The molecule has 44 heavy (non-hydrogen) atoms. The maximum atomic E-state index is 14.9. The molecule has 1 fully saturated rings. The molecule has 0 spiro atoms. The summed E-state index contributed by atoms with van der Waals surface area (Å²) in [5, 5.41) is 0. The van der Waals surface area contributed by atoms with Crippen LogP contribution in [0.5, 0.6) is 0 Å². The monoisotopic (exact) mass is 610 g/mol. The zero-order valence-corrected chi connectivity index (χ0v) is 24.2. The molecule has 4 aromatic rings. The molecular formula is C32H34F4N6O2. The number of halogens is 4. The molecule has 4 N–H and O–H groups in total. The molecule has 1 aliphatic heterocycles. The largest absolute Gasteiger partial charge is 0.416 e. The van der Waals surface area contributed by atoms with Gasteiger partial charge in [-0.3, -0.25) is 18.8 Å². The van der Waals surface area contributed by atoms with Crippen LogP contribution in [0.25, 0.3) is 0 Å². The number of benzene rings is 3. The highest BCUT2D eigenvalue weighted by Gasteiger charge is 2.35. The van der Waals surface area contributed by atoms with E-state index in [0.717, 1.165) is 32.9 Å². The van der Waals surface area contributed by atoms with Crippen LogP contribution in [0.1, 0.15) is 34.0 Å². The number of aromatic nitrogens is 2. The Morgan fingerprint density at radius 2 is 1.50 bits per heavy atom. The maximum Gasteiger partial charge on any atom is 0.416 e. The molecule has 0 saturated carbocycles. The number of anilines is 2. The quantitative estimate of drug-likeness (QED) is 0.230. The Bertz CT molecular complexity index is 1740. The van der Waals surface area contributed by atoms with Crippen LogP contribution in [0.3, 0.4) is 0 Å². The lowest BCUT2D eigenvalue weighted by Gasteiger charge is -2.37. The average Bonchev–Trinajstić information content (AvgIpc) is 3.00. The fourth-order valence-electron chi connectivity index (χ4n) is 5.69. The highest BCUT2D eigenvalue weighted by atomic mass is 19.4. The third-order valence-electron chi connectivity index (χ3n) is 8.14. The van der Waals surface area contributed by atoms with Gasteiger partial charge in [0.05, 0.1) is 18.7 Å². The number of nitrogens with two attached hydrogens (primary N) is 2. The van der Waals surface area contributed by atoms with Gasteiger partial charge in [0.15, 0.2) is 0 Å². The molecule has 1 aromatic heterocycles. The van der Waals surface area contributed by atoms with E-state index < -0.39 is 47.0 Å². The fraction of sp³-hybridized carbons (Fsp3) is 0.312. The predicted molar refractivity (Wildman–Crippen MR) is 162 cm³/mol. The third kappa shape index (κ3) is 6.41. The minimum atomic E-state index is -4.85. The normalized spacial score (nSPS) is 15.0. The van der Waals surface area contributed by atoms with E-state index in [0.29, 0.717) is 44.0 Å². The Hall–Kier alpha value is -4.42. The van der Waals surface area contributed by atoms with Gasteiger partial charge in [-0.25, -0.2) is 9.18 Å². The summed E-state index contributed by atoms with van der Waals surface area (Å²) in [4.78, 5) is 31.8. The van der Waals surface area contributed by atoms with Crippen LogP contribution < -0.4 is 27.6 Å². The van der Waals surface area contributed by atoms with Gasteiger partial charge in [0.25, 0.3) is 5.56 Å². The Morgan fingerprint density at radius 3 is 2.16 bits per heavy atom. The van der Waals surface area contributed by atoms with Crippen LogP contribution in [-0.2, 0) is 25.8 Å². The zero-order valence-electron chi connectivity index (χ0n) is 24.2. The molecule has 232 valence electrons. The SMILES string of the molecule is Cc1c(N2CCN(Cc3ccccc3N)CC2)c(=O)n(C[C@@H](N)c2ccccc2)c(=O)n1Cc1c(F)cccc1C(F)(F)F. The van der Waals surface area contributed by atoms with E-state index >= 15 is 0 Å². The summed E-state index contributed by atoms with van der Waals surface area (Å²) >= 11 is 0. The van der Waals surface area contributed by atoms with E-state index in [-0.39, 0.29) is 17.9 Å². The van der Waals surface area contributed by atoms with Gasteiger partial charge in [0, 0.05) is 55.7 Å². The van der Waals surface area contributed by atoms with E-state index in [1.54, 1.807) is 30.3 Å². The van der Waals surface area contributed by atoms with Crippen LogP contribution in [-0.4, -0.2) is 40.2 Å². The number of alkyl halides is 3. The molecule has 0 unspecified atom stereocenters. The molecular weight excluding hydrogens is 576 g/mol. The van der Waals surface area contributed by atoms with Crippen molar-refractivity contribution >= 4 is 11.4 Å². The number of rotatable bonds is 8. The summed E-state index contributed by atoms with van der Waals surface area (Å²) in [6, 6.07) is 18.4. The van der Waals surface area contributed by atoms with Crippen LogP contribution in [0.2, 0.25) is 0 Å². The minimum absolute atomic E-state index is 0.154. The van der Waals surface area contributed by atoms with E-state index in [4.69, 9.17) is 11.5 Å². The Balaban J connectivity index is 1.54. The summed E-state index contributed by atoms with van der Waals surface area (Å²) in [7, 11) is 0. The first-order chi connectivity index (χ1) is 21.0. The second-order valence-corrected chi connectivity index (χ2v) is 11.0. The average molecular weight is 611 g/mol. The van der Waals surface area contributed by atoms with Gasteiger partial charge in [-0.1, -0.05) is 54.6 Å². The molecule has 12 heteroatoms. The first kappa shape index (κ1) is 31.0. The Kier molecular flexibility index (Phi) is 8.93. The first-order valence-electron chi connectivity index (χ1n) is 14.3. The first-order valence-corrected chi connectivity index (χ1v) is 14.3. The van der Waals surface area contributed by atoms with Gasteiger partial charge in [-0.05, 0) is 36.2 Å². The molecule has 1 atom stereocenters. The van der Waals surface area contributed by atoms with E-state index in [2.05, 4.69) is 4.90 Å². The molecule has 3 aromatic carbocycles. The van der Waals surface area contributed by atoms with Crippen molar-refractivity contribution in [2.45, 2.75) is 38.8 Å². The number of hydrogen-bond acceptors (Lipinski definition) is 6. The second-order valence-electron chi connectivity index (χ2n) is 11.0. The van der Waals surface area contributed by atoms with Gasteiger partial charge in [-0.2, -0.15) is 13.2 Å². The number of hydrogen-bond donors (Lipinski definition) is 2. The van der Waals surface area contributed by atoms with E-state index in [9.17, 15) is 27.2 Å². The predicted octanol–water partition coefficient (Wildman–Crippen LogP) is 4.13. The topological polar surface area (TPSA) is 103 Å². The molecule has 2 heterocycles. The number of para-hydroxylation sites is 1. The lowest BCUT2D eigenvalue weighted by atomic mass is 10.1. The van der Waals surface area contributed by atoms with Crippen molar-refractivity contribution in [3.05, 3.63) is 127 Å². The van der Waals surface area contributed by atoms with Gasteiger partial charge in [0.1, 0.15) is 11.5 Å². The van der Waals surface area contributed by atoms with Crippen molar-refractivity contribution in [2.24, 2.45) is 5.73 Å². The van der Waals surface area contributed by atoms with Crippen molar-refractivity contribution in [2.75, 3.05) is 36.8 Å². The molecule has 5 rings (SSSR count). The van der Waals surface area contributed by atoms with Gasteiger partial charge >= 0.3 is 11.9 Å². The number of piperazine rings is 1. The molecule has 1 aliphatic rings. The Morgan fingerprint density at radius 1 is 0.841 bits per heavy atom. The van der Waals surface area contributed by atoms with Crippen molar-refractivity contribution < 1.29 is 17.6 Å². The van der Waals surface area contributed by atoms with Crippen molar-refractivity contribution in [1.82, 2.24) is 14.0 Å². The van der Waals surface area contributed by atoms with Crippen molar-refractivity contribution in [3.8, 4) is 0 Å². The minimum Gasteiger partial charge on any atom is -0.398 e. The smallest absolute Gasteiger partial charge is 0.398 e. The summed E-state index contributed by atoms with van der Waals surface area (Å²) in [5.41, 5.74) is 11.9. The van der Waals surface area contributed by atoms with Crippen molar-refractivity contribution in [1.29, 1.82) is 0 Å². The lowest BCUT2D eigenvalue weighted by Crippen LogP contribution is -2.51.